The first-order chi connectivity index (χ1) is 26.0. The van der Waals surface area contributed by atoms with Crippen LogP contribution in [0.3, 0.4) is 0 Å². The Morgan fingerprint density at radius 1 is 0.574 bits per heavy atom. The molecule has 54 heavy (non-hydrogen) atoms. The van der Waals surface area contributed by atoms with Gasteiger partial charge in [0.15, 0.2) is 6.10 Å². The summed E-state index contributed by atoms with van der Waals surface area (Å²) in [6, 6.07) is 0. The number of rotatable bonds is 38. The number of allylic oxidation sites excluding steroid dienone is 8. The Kier molecular flexibility index (Phi) is 35.2. The van der Waals surface area contributed by atoms with E-state index < -0.39 is 32.5 Å². The van der Waals surface area contributed by atoms with E-state index in [1.807, 2.05) is 21.1 Å². The largest absolute Gasteiger partial charge is 0.472 e. The van der Waals surface area contributed by atoms with Crippen molar-refractivity contribution in [3.63, 3.8) is 0 Å². The van der Waals surface area contributed by atoms with E-state index in [2.05, 4.69) is 62.5 Å². The van der Waals surface area contributed by atoms with E-state index in [1.165, 1.54) is 70.6 Å². The molecule has 1 unspecified atom stereocenters. The highest BCUT2D eigenvalue weighted by molar-refractivity contribution is 7.47. The number of ether oxygens (including phenoxy) is 2. The van der Waals surface area contributed by atoms with E-state index in [9.17, 15) is 19.0 Å². The smallest absolute Gasteiger partial charge is 0.462 e. The summed E-state index contributed by atoms with van der Waals surface area (Å²) in [6.07, 6.45) is 41.6. The van der Waals surface area contributed by atoms with Crippen molar-refractivity contribution in [1.82, 2.24) is 0 Å². The molecule has 2 atom stereocenters. The molecular formula is C44H81NO8P+. The Morgan fingerprint density at radius 2 is 1.00 bits per heavy atom. The quantitative estimate of drug-likeness (QED) is 0.0217. The van der Waals surface area contributed by atoms with Crippen LogP contribution >= 0.6 is 7.82 Å². The molecule has 0 aliphatic heterocycles. The number of unbranched alkanes of at least 4 members (excludes halogenated alkanes) is 16. The van der Waals surface area contributed by atoms with Crippen LogP contribution < -0.4 is 0 Å². The average Bonchev–Trinajstić information content (AvgIpc) is 3.12. The zero-order chi connectivity index (χ0) is 40.0. The van der Waals surface area contributed by atoms with Crippen molar-refractivity contribution < 1.29 is 42.1 Å². The lowest BCUT2D eigenvalue weighted by Crippen LogP contribution is -2.37. The van der Waals surface area contributed by atoms with Gasteiger partial charge in [0.25, 0.3) is 0 Å². The summed E-state index contributed by atoms with van der Waals surface area (Å²) in [5.74, 6) is -0.864. The summed E-state index contributed by atoms with van der Waals surface area (Å²) in [5.41, 5.74) is 0. The van der Waals surface area contributed by atoms with Crippen LogP contribution in [0, 0.1) is 0 Å². The van der Waals surface area contributed by atoms with Gasteiger partial charge in [0, 0.05) is 12.8 Å². The maximum atomic E-state index is 12.7. The van der Waals surface area contributed by atoms with Crippen LogP contribution in [-0.4, -0.2) is 74.9 Å². The van der Waals surface area contributed by atoms with Crippen LogP contribution in [0.1, 0.15) is 168 Å². The minimum Gasteiger partial charge on any atom is -0.462 e. The fraction of sp³-hybridized carbons (Fsp3) is 0.773. The standard InChI is InChI=1S/C44H80NO8P/c1-6-8-10-12-14-16-18-20-22-24-26-28-30-32-34-36-43(46)50-40-42(41-52-54(48,49)51-39-38-45(3,4)5)53-44(47)37-35-33-31-29-27-25-23-21-19-17-15-13-11-9-7-2/h14,16,20,22,25-28,42H,6-13,15,17-19,21,23-24,29-41H2,1-5H3/p+1/b16-14+,22-20+,27-25+,28-26+/t42-/m1/s1. The third kappa shape index (κ3) is 39.7. The lowest BCUT2D eigenvalue weighted by Gasteiger charge is -2.24. The predicted molar refractivity (Wildman–Crippen MR) is 224 cm³/mol. The Morgan fingerprint density at radius 3 is 1.57 bits per heavy atom. The van der Waals surface area contributed by atoms with Gasteiger partial charge in [-0.2, -0.15) is 0 Å². The molecule has 0 aliphatic rings. The molecule has 0 aromatic heterocycles. The van der Waals surface area contributed by atoms with Crippen LogP contribution in [0.15, 0.2) is 48.6 Å². The lowest BCUT2D eigenvalue weighted by atomic mass is 10.1. The normalized spacial score (nSPS) is 14.1. The van der Waals surface area contributed by atoms with E-state index in [4.69, 9.17) is 18.5 Å². The fourth-order valence-electron chi connectivity index (χ4n) is 5.43. The summed E-state index contributed by atoms with van der Waals surface area (Å²) < 4.78 is 34.2. The zero-order valence-electron chi connectivity index (χ0n) is 35.2. The number of likely N-dealkylation sites (N-methyl/N-ethyl adjacent to an activating group) is 1. The van der Waals surface area contributed by atoms with E-state index in [1.54, 1.807) is 0 Å². The Balaban J connectivity index is 4.48. The number of quaternary nitrogens is 1. The summed E-state index contributed by atoms with van der Waals surface area (Å²) in [6.45, 7) is 4.32. The van der Waals surface area contributed by atoms with Crippen LogP contribution in [0.4, 0.5) is 0 Å². The first-order valence-corrected chi connectivity index (χ1v) is 22.9. The summed E-state index contributed by atoms with van der Waals surface area (Å²) in [5, 5.41) is 0. The topological polar surface area (TPSA) is 108 Å². The maximum Gasteiger partial charge on any atom is 0.472 e. The molecule has 9 nitrogen and oxygen atoms in total. The van der Waals surface area contributed by atoms with E-state index >= 15 is 0 Å². The minimum atomic E-state index is -4.38. The molecule has 0 saturated heterocycles. The second-order valence-electron chi connectivity index (χ2n) is 15.4. The van der Waals surface area contributed by atoms with Crippen LogP contribution in [0.25, 0.3) is 0 Å². The van der Waals surface area contributed by atoms with Crippen molar-refractivity contribution in [1.29, 1.82) is 0 Å². The van der Waals surface area contributed by atoms with Crippen molar-refractivity contribution in [3.05, 3.63) is 48.6 Å². The highest BCUT2D eigenvalue weighted by Gasteiger charge is 2.27. The molecule has 0 fully saturated rings. The summed E-state index contributed by atoms with van der Waals surface area (Å²) in [4.78, 5) is 35.3. The average molecular weight is 783 g/mol. The SMILES string of the molecule is CCCCC/C=C/C/C=C/C/C=C/CCCCC(=O)OC[C@H](COP(=O)(O)OCC[N+](C)(C)C)OC(=O)CCCCC/C=C/CCCCCCCCCC. The highest BCUT2D eigenvalue weighted by Crippen LogP contribution is 2.43. The van der Waals surface area contributed by atoms with Gasteiger partial charge in [-0.15, -0.1) is 0 Å². The van der Waals surface area contributed by atoms with Crippen LogP contribution in [0.2, 0.25) is 0 Å². The monoisotopic (exact) mass is 783 g/mol. The molecule has 0 amide bonds. The molecular weight excluding hydrogens is 701 g/mol. The first kappa shape index (κ1) is 52.0. The van der Waals surface area contributed by atoms with Crippen molar-refractivity contribution in [2.45, 2.75) is 174 Å². The van der Waals surface area contributed by atoms with Gasteiger partial charge < -0.3 is 18.9 Å². The van der Waals surface area contributed by atoms with E-state index in [0.717, 1.165) is 57.8 Å². The molecule has 10 heteroatoms. The van der Waals surface area contributed by atoms with Gasteiger partial charge in [-0.3, -0.25) is 18.6 Å². The van der Waals surface area contributed by atoms with Crippen LogP contribution in [-0.2, 0) is 32.7 Å². The fourth-order valence-corrected chi connectivity index (χ4v) is 6.17. The van der Waals surface area contributed by atoms with Gasteiger partial charge in [-0.05, 0) is 77.0 Å². The Hall–Kier alpha value is -2.03. The molecule has 0 aromatic rings. The van der Waals surface area contributed by atoms with Gasteiger partial charge in [-0.25, -0.2) is 4.57 Å². The Bertz CT molecular complexity index is 1070. The van der Waals surface area contributed by atoms with Gasteiger partial charge in [-0.1, -0.05) is 127 Å². The molecule has 0 aliphatic carbocycles. The molecule has 0 saturated carbocycles. The number of carbonyl (C=O) groups excluding carboxylic acids is 2. The highest BCUT2D eigenvalue weighted by atomic mass is 31.2. The third-order valence-electron chi connectivity index (χ3n) is 8.83. The Labute approximate surface area is 331 Å². The van der Waals surface area contributed by atoms with Crippen molar-refractivity contribution >= 4 is 19.8 Å². The predicted octanol–water partition coefficient (Wildman–Crippen LogP) is 11.9. The van der Waals surface area contributed by atoms with E-state index in [0.29, 0.717) is 23.9 Å². The molecule has 314 valence electrons. The number of carbonyl (C=O) groups is 2. The summed E-state index contributed by atoms with van der Waals surface area (Å²) >= 11 is 0. The van der Waals surface area contributed by atoms with Crippen molar-refractivity contribution in [2.75, 3.05) is 47.5 Å². The third-order valence-corrected chi connectivity index (χ3v) is 9.82. The maximum absolute atomic E-state index is 12.7. The second kappa shape index (κ2) is 36.6. The number of esters is 2. The minimum absolute atomic E-state index is 0.0217. The van der Waals surface area contributed by atoms with Gasteiger partial charge in [0.1, 0.15) is 19.8 Å². The molecule has 0 bridgehead atoms. The molecule has 0 spiro atoms. The van der Waals surface area contributed by atoms with Crippen molar-refractivity contribution in [3.8, 4) is 0 Å². The molecule has 0 radical (unpaired) electrons. The number of phosphoric acid groups is 1. The van der Waals surface area contributed by atoms with Gasteiger partial charge in [0.05, 0.1) is 27.7 Å². The second-order valence-corrected chi connectivity index (χ2v) is 16.8. The molecule has 1 N–H and O–H groups in total. The molecule has 0 rings (SSSR count). The van der Waals surface area contributed by atoms with Crippen molar-refractivity contribution in [2.24, 2.45) is 0 Å². The van der Waals surface area contributed by atoms with Gasteiger partial charge in [0.2, 0.25) is 0 Å². The van der Waals surface area contributed by atoms with E-state index in [-0.39, 0.29) is 26.1 Å². The van der Waals surface area contributed by atoms with Gasteiger partial charge >= 0.3 is 19.8 Å². The lowest BCUT2D eigenvalue weighted by molar-refractivity contribution is -0.870. The molecule has 0 heterocycles. The number of phosphoric ester groups is 1. The number of hydrogen-bond donors (Lipinski definition) is 1. The zero-order valence-corrected chi connectivity index (χ0v) is 36.1. The number of nitrogens with zero attached hydrogens (tertiary/aromatic N) is 1. The molecule has 0 aromatic carbocycles. The number of hydrogen-bond acceptors (Lipinski definition) is 7. The first-order valence-electron chi connectivity index (χ1n) is 21.4. The van der Waals surface area contributed by atoms with Crippen LogP contribution in [0.5, 0.6) is 0 Å². The summed E-state index contributed by atoms with van der Waals surface area (Å²) in [7, 11) is 1.44.